The van der Waals surface area contributed by atoms with Gasteiger partial charge in [0.1, 0.15) is 5.82 Å². The van der Waals surface area contributed by atoms with Crippen molar-refractivity contribution in [3.63, 3.8) is 0 Å². The lowest BCUT2D eigenvalue weighted by molar-refractivity contribution is -0.113. The van der Waals surface area contributed by atoms with Gasteiger partial charge in [-0.3, -0.25) is 9.59 Å². The third-order valence-corrected chi connectivity index (χ3v) is 3.90. The Bertz CT molecular complexity index is 747. The van der Waals surface area contributed by atoms with Gasteiger partial charge in [0, 0.05) is 30.0 Å². The van der Waals surface area contributed by atoms with E-state index in [-0.39, 0.29) is 36.1 Å². The Morgan fingerprint density at radius 3 is 2.70 bits per heavy atom. The summed E-state index contributed by atoms with van der Waals surface area (Å²) < 4.78 is 12.8. The molecular formula is C15H16FN3O3S. The maximum absolute atomic E-state index is 12.8. The molecule has 23 heavy (non-hydrogen) atoms. The third-order valence-electron chi connectivity index (χ3n) is 3.03. The zero-order valence-electron chi connectivity index (χ0n) is 12.4. The quantitative estimate of drug-likeness (QED) is 0.548. The minimum atomic E-state index is -0.377. The van der Waals surface area contributed by atoms with Crippen LogP contribution in [-0.4, -0.2) is 33.3 Å². The van der Waals surface area contributed by atoms with Gasteiger partial charge >= 0.3 is 0 Å². The first-order valence-corrected chi connectivity index (χ1v) is 7.87. The van der Waals surface area contributed by atoms with Crippen LogP contribution in [0.25, 0.3) is 0 Å². The molecule has 0 saturated heterocycles. The number of aromatic nitrogens is 2. The number of aliphatic hydroxyl groups excluding tert-OH is 1. The number of thioether (sulfide) groups is 1. The first kappa shape index (κ1) is 17.2. The molecule has 3 N–H and O–H groups in total. The highest BCUT2D eigenvalue weighted by atomic mass is 32.2. The summed E-state index contributed by atoms with van der Waals surface area (Å²) in [5.74, 6) is -0.613. The van der Waals surface area contributed by atoms with Crippen LogP contribution in [0.15, 0.2) is 34.2 Å². The summed E-state index contributed by atoms with van der Waals surface area (Å²) in [6, 6.07) is 5.44. The Kier molecular flexibility index (Phi) is 5.89. The highest BCUT2D eigenvalue weighted by molar-refractivity contribution is 7.99. The van der Waals surface area contributed by atoms with E-state index in [1.165, 1.54) is 24.3 Å². The summed E-state index contributed by atoms with van der Waals surface area (Å²) in [4.78, 5) is 30.5. The van der Waals surface area contributed by atoms with E-state index in [1.54, 1.807) is 6.92 Å². The molecule has 8 heteroatoms. The van der Waals surface area contributed by atoms with E-state index in [1.807, 2.05) is 0 Å². The van der Waals surface area contributed by atoms with E-state index in [2.05, 4.69) is 15.3 Å². The van der Waals surface area contributed by atoms with E-state index in [0.29, 0.717) is 22.1 Å². The first-order chi connectivity index (χ1) is 11.0. The summed E-state index contributed by atoms with van der Waals surface area (Å²) in [7, 11) is 0. The number of aliphatic hydroxyl groups is 1. The van der Waals surface area contributed by atoms with Crippen LogP contribution >= 0.6 is 11.8 Å². The van der Waals surface area contributed by atoms with Crippen molar-refractivity contribution in [2.75, 3.05) is 17.7 Å². The van der Waals surface area contributed by atoms with Crippen molar-refractivity contribution >= 4 is 23.4 Å². The standard InChI is InChI=1S/C15H16FN3O3S/c1-9-12(6-7-20)14(22)19-15(17-9)23-8-13(21)18-11-4-2-10(16)3-5-11/h2-5,20H,6-8H2,1H3,(H,18,21)(H,17,19,22). The number of nitrogens with zero attached hydrogens (tertiary/aromatic N) is 1. The van der Waals surface area contributed by atoms with Gasteiger partial charge in [0.05, 0.1) is 5.75 Å². The Hall–Kier alpha value is -2.19. The van der Waals surface area contributed by atoms with E-state index < -0.39 is 0 Å². The fourth-order valence-electron chi connectivity index (χ4n) is 1.92. The Balaban J connectivity index is 1.96. The van der Waals surface area contributed by atoms with E-state index in [4.69, 9.17) is 5.11 Å². The summed E-state index contributed by atoms with van der Waals surface area (Å²) in [5.41, 5.74) is 1.15. The molecule has 1 aromatic carbocycles. The van der Waals surface area contributed by atoms with Crippen LogP contribution in [-0.2, 0) is 11.2 Å². The molecule has 0 aliphatic carbocycles. The Labute approximate surface area is 136 Å². The molecule has 1 heterocycles. The van der Waals surface area contributed by atoms with Crippen molar-refractivity contribution in [3.8, 4) is 0 Å². The number of benzene rings is 1. The highest BCUT2D eigenvalue weighted by Crippen LogP contribution is 2.14. The molecule has 0 spiro atoms. The molecule has 0 unspecified atom stereocenters. The van der Waals surface area contributed by atoms with Crippen LogP contribution in [0.4, 0.5) is 10.1 Å². The molecule has 2 rings (SSSR count). The molecule has 1 amide bonds. The number of aryl methyl sites for hydroxylation is 1. The predicted molar refractivity (Wildman–Crippen MR) is 86.1 cm³/mol. The van der Waals surface area contributed by atoms with E-state index >= 15 is 0 Å². The van der Waals surface area contributed by atoms with Gasteiger partial charge in [-0.2, -0.15) is 0 Å². The third kappa shape index (κ3) is 4.90. The number of nitrogens with one attached hydrogen (secondary N) is 2. The number of halogens is 1. The number of anilines is 1. The van der Waals surface area contributed by atoms with Crippen molar-refractivity contribution in [2.45, 2.75) is 18.5 Å². The molecule has 1 aromatic heterocycles. The monoisotopic (exact) mass is 337 g/mol. The SMILES string of the molecule is Cc1nc(SCC(=O)Nc2ccc(F)cc2)[nH]c(=O)c1CCO. The fourth-order valence-corrected chi connectivity index (χ4v) is 2.63. The number of carbonyl (C=O) groups excluding carboxylic acids is 1. The minimum absolute atomic E-state index is 0.0547. The molecule has 0 aliphatic rings. The average molecular weight is 337 g/mol. The van der Waals surface area contributed by atoms with Gasteiger partial charge in [0.25, 0.3) is 5.56 Å². The van der Waals surface area contributed by atoms with Crippen LogP contribution in [0, 0.1) is 12.7 Å². The molecule has 0 radical (unpaired) electrons. The number of aromatic amines is 1. The lowest BCUT2D eigenvalue weighted by Gasteiger charge is -2.07. The Morgan fingerprint density at radius 2 is 2.09 bits per heavy atom. The molecule has 122 valence electrons. The van der Waals surface area contributed by atoms with Crippen molar-refractivity contribution < 1.29 is 14.3 Å². The van der Waals surface area contributed by atoms with E-state index in [9.17, 15) is 14.0 Å². The summed E-state index contributed by atoms with van der Waals surface area (Å²) >= 11 is 1.09. The second-order valence-electron chi connectivity index (χ2n) is 4.75. The second-order valence-corrected chi connectivity index (χ2v) is 5.72. The molecule has 0 saturated carbocycles. The summed E-state index contributed by atoms with van der Waals surface area (Å²) in [6.45, 7) is 1.56. The number of hydrogen-bond donors (Lipinski definition) is 3. The zero-order valence-corrected chi connectivity index (χ0v) is 13.2. The lowest BCUT2D eigenvalue weighted by atomic mass is 10.2. The van der Waals surface area contributed by atoms with Crippen LogP contribution in [0.2, 0.25) is 0 Å². The van der Waals surface area contributed by atoms with Gasteiger partial charge in [-0.25, -0.2) is 9.37 Å². The summed E-state index contributed by atoms with van der Waals surface area (Å²) in [5, 5.41) is 11.9. The number of rotatable bonds is 6. The minimum Gasteiger partial charge on any atom is -0.396 e. The maximum Gasteiger partial charge on any atom is 0.255 e. The molecule has 6 nitrogen and oxygen atoms in total. The van der Waals surface area contributed by atoms with Gasteiger partial charge in [0.15, 0.2) is 5.16 Å². The van der Waals surface area contributed by atoms with Crippen LogP contribution in [0.1, 0.15) is 11.3 Å². The molecule has 0 bridgehead atoms. The first-order valence-electron chi connectivity index (χ1n) is 6.88. The number of hydrogen-bond acceptors (Lipinski definition) is 5. The van der Waals surface area contributed by atoms with Crippen molar-refractivity contribution in [1.29, 1.82) is 0 Å². The fraction of sp³-hybridized carbons (Fsp3) is 0.267. The normalized spacial score (nSPS) is 10.6. The van der Waals surface area contributed by atoms with Crippen molar-refractivity contribution in [1.82, 2.24) is 9.97 Å². The number of amides is 1. The van der Waals surface area contributed by atoms with Gasteiger partial charge in [-0.05, 0) is 31.2 Å². The van der Waals surface area contributed by atoms with Crippen LogP contribution in [0.3, 0.4) is 0 Å². The average Bonchev–Trinajstić information content (AvgIpc) is 2.51. The molecule has 0 fully saturated rings. The van der Waals surface area contributed by atoms with Crippen molar-refractivity contribution in [3.05, 3.63) is 51.7 Å². The number of carbonyl (C=O) groups is 1. The van der Waals surface area contributed by atoms with Gasteiger partial charge in [-0.1, -0.05) is 11.8 Å². The van der Waals surface area contributed by atoms with E-state index in [0.717, 1.165) is 11.8 Å². The lowest BCUT2D eigenvalue weighted by Crippen LogP contribution is -2.19. The zero-order chi connectivity index (χ0) is 16.8. The molecular weight excluding hydrogens is 321 g/mol. The van der Waals surface area contributed by atoms with Gasteiger partial charge in [-0.15, -0.1) is 0 Å². The second kappa shape index (κ2) is 7.89. The topological polar surface area (TPSA) is 95.1 Å². The van der Waals surface area contributed by atoms with Crippen molar-refractivity contribution in [2.24, 2.45) is 0 Å². The largest absolute Gasteiger partial charge is 0.396 e. The molecule has 2 aromatic rings. The van der Waals surface area contributed by atoms with Crippen LogP contribution < -0.4 is 10.9 Å². The smallest absolute Gasteiger partial charge is 0.255 e. The molecule has 0 atom stereocenters. The van der Waals surface area contributed by atoms with Crippen LogP contribution in [0.5, 0.6) is 0 Å². The molecule has 0 aliphatic heterocycles. The maximum atomic E-state index is 12.8. The number of H-pyrrole nitrogens is 1. The summed E-state index contributed by atoms with van der Waals surface area (Å²) in [6.07, 6.45) is 0.240. The predicted octanol–water partition coefficient (Wildman–Crippen LogP) is 1.48. The Morgan fingerprint density at radius 1 is 1.39 bits per heavy atom. The van der Waals surface area contributed by atoms with Gasteiger partial charge in [0.2, 0.25) is 5.91 Å². The highest BCUT2D eigenvalue weighted by Gasteiger charge is 2.10. The van der Waals surface area contributed by atoms with Gasteiger partial charge < -0.3 is 15.4 Å².